The van der Waals surface area contributed by atoms with Crippen molar-refractivity contribution < 1.29 is 19.8 Å². The quantitative estimate of drug-likeness (QED) is 0.539. The number of rotatable bonds is 2. The Morgan fingerprint density at radius 1 is 0.733 bits per heavy atom. The Balaban J connectivity index is 2.39. The van der Waals surface area contributed by atoms with E-state index in [9.17, 15) is 0 Å². The molecule has 0 bridgehead atoms. The molecule has 0 aromatic heterocycles. The van der Waals surface area contributed by atoms with Crippen LogP contribution in [0.4, 0.5) is 0 Å². The van der Waals surface area contributed by atoms with E-state index in [0.29, 0.717) is 0 Å². The average Bonchev–Trinajstić information content (AvgIpc) is 2.33. The molecule has 0 N–H and O–H groups in total. The first-order valence-electron chi connectivity index (χ1n) is 4.68. The van der Waals surface area contributed by atoms with Crippen molar-refractivity contribution in [3.8, 4) is 10.4 Å². The summed E-state index contributed by atoms with van der Waals surface area (Å²) in [5, 5.41) is 0. The third-order valence-corrected chi connectivity index (χ3v) is 6.56. The lowest BCUT2D eigenvalue weighted by molar-refractivity contribution is -0.781. The normalized spacial score (nSPS) is 9.87. The van der Waals surface area contributed by atoms with Gasteiger partial charge < -0.3 is 0 Å². The summed E-state index contributed by atoms with van der Waals surface area (Å²) >= 11 is -1.59. The second kappa shape index (κ2) is 4.99. The lowest BCUT2D eigenvalue weighted by Crippen LogP contribution is -3.84. The molecule has 15 heavy (non-hydrogen) atoms. The molecule has 0 fully saturated rings. The lowest BCUT2D eigenvalue weighted by Gasteiger charge is -1.97. The summed E-state index contributed by atoms with van der Waals surface area (Å²) in [6.07, 6.45) is 5.66. The van der Waals surface area contributed by atoms with Crippen LogP contribution in [0.1, 0.15) is 0 Å². The molecule has 73 valence electrons. The van der Waals surface area contributed by atoms with Crippen LogP contribution in [0.2, 0.25) is 0 Å². The highest BCUT2D eigenvalue weighted by Crippen LogP contribution is 1.86. The predicted molar refractivity (Wildman–Crippen MR) is 59.1 cm³/mol. The Morgan fingerprint density at radius 3 is 1.47 bits per heavy atom. The summed E-state index contributed by atoms with van der Waals surface area (Å²) in [6.45, 7) is 0. The molecular weight excluding hydrogens is 295 g/mol. The van der Waals surface area contributed by atoms with Crippen molar-refractivity contribution in [1.82, 2.24) is 0 Å². The molecule has 0 heterocycles. The van der Waals surface area contributed by atoms with Gasteiger partial charge in [-0.25, -0.2) is 0 Å². The zero-order valence-electron chi connectivity index (χ0n) is 8.23. The summed E-state index contributed by atoms with van der Waals surface area (Å²) in [4.78, 5) is 0. The fraction of sp³-hybridized carbons (Fsp3) is 0. The van der Waals surface area contributed by atoms with Gasteiger partial charge in [0.1, 0.15) is 3.93 Å². The van der Waals surface area contributed by atoms with Gasteiger partial charge in [-0.2, -0.15) is 0 Å². The minimum atomic E-state index is -1.59. The van der Waals surface area contributed by atoms with Crippen molar-refractivity contribution >= 4 is 0 Å². The van der Waals surface area contributed by atoms with Crippen LogP contribution in [-0.4, -0.2) is 0 Å². The molecule has 2 aromatic carbocycles. The number of benzene rings is 2. The summed E-state index contributed by atoms with van der Waals surface area (Å²) < 4.78 is 5.65. The van der Waals surface area contributed by atoms with E-state index in [2.05, 4.69) is 52.5 Å². The maximum absolute atomic E-state index is 5.66. The van der Waals surface area contributed by atoms with Gasteiger partial charge >= 0.3 is 0 Å². The first-order valence-corrected chi connectivity index (χ1v) is 7.91. The topological polar surface area (TPSA) is 0 Å². The predicted octanol–water partition coefficient (Wildman–Crippen LogP) is -0.0586. The SMILES string of the molecule is C#C[I+](c1ccccc1)c1ccccc1. The fourth-order valence-corrected chi connectivity index (χ4v) is 5.04. The maximum atomic E-state index is 5.66. The number of terminal acetylenes is 1. The van der Waals surface area contributed by atoms with Gasteiger partial charge in [-0.15, -0.1) is 0 Å². The molecule has 0 aliphatic heterocycles. The highest BCUT2D eigenvalue weighted by Gasteiger charge is 2.24. The minimum absolute atomic E-state index is 1.33. The van der Waals surface area contributed by atoms with E-state index in [1.807, 2.05) is 12.1 Å². The highest BCUT2D eigenvalue weighted by atomic mass is 127. The molecule has 0 amide bonds. The van der Waals surface area contributed by atoms with Crippen LogP contribution in [0.15, 0.2) is 60.7 Å². The second-order valence-electron chi connectivity index (χ2n) is 2.98. The van der Waals surface area contributed by atoms with Crippen LogP contribution in [0.3, 0.4) is 0 Å². The zero-order valence-corrected chi connectivity index (χ0v) is 10.4. The molecule has 0 nitrogen and oxygen atoms in total. The van der Waals surface area contributed by atoms with E-state index >= 15 is 0 Å². The molecule has 0 saturated carbocycles. The van der Waals surface area contributed by atoms with Crippen molar-refractivity contribution in [3.05, 3.63) is 67.8 Å². The molecular formula is C14H11I+. The van der Waals surface area contributed by atoms with Gasteiger partial charge in [-0.05, 0) is 24.3 Å². The van der Waals surface area contributed by atoms with Crippen molar-refractivity contribution in [2.45, 2.75) is 0 Å². The maximum Gasteiger partial charge on any atom is 0.226 e. The lowest BCUT2D eigenvalue weighted by atomic mass is 10.4. The fourth-order valence-electron chi connectivity index (χ4n) is 1.33. The van der Waals surface area contributed by atoms with Gasteiger partial charge in [0.15, 0.2) is 7.14 Å². The average molecular weight is 306 g/mol. The van der Waals surface area contributed by atoms with Gasteiger partial charge in [0, 0.05) is 0 Å². The molecule has 0 aliphatic rings. The van der Waals surface area contributed by atoms with Gasteiger partial charge in [0.05, 0.1) is 0 Å². The molecule has 0 spiro atoms. The number of halogens is 1. The van der Waals surface area contributed by atoms with Gasteiger partial charge in [0.25, 0.3) is 0 Å². The molecule has 0 aliphatic carbocycles. The Hall–Kier alpha value is -1.27. The Kier molecular flexibility index (Phi) is 3.41. The van der Waals surface area contributed by atoms with Crippen LogP contribution in [0.25, 0.3) is 0 Å². The molecule has 0 atom stereocenters. The molecule has 0 saturated heterocycles. The zero-order chi connectivity index (χ0) is 10.5. The van der Waals surface area contributed by atoms with E-state index in [-0.39, 0.29) is 0 Å². The van der Waals surface area contributed by atoms with Gasteiger partial charge in [-0.3, -0.25) is 0 Å². The molecule has 0 unspecified atom stereocenters. The number of hydrogen-bond acceptors (Lipinski definition) is 0. The van der Waals surface area contributed by atoms with E-state index in [4.69, 9.17) is 6.42 Å². The van der Waals surface area contributed by atoms with Gasteiger partial charge in [-0.1, -0.05) is 42.8 Å². The molecule has 2 aromatic rings. The standard InChI is InChI=1S/C14H11I/c1-2-15(13-9-5-3-6-10-13)14-11-7-4-8-12-14/h1,3-12H/q+1. The first kappa shape index (κ1) is 10.3. The van der Waals surface area contributed by atoms with E-state index < -0.39 is 19.8 Å². The molecule has 1 heteroatoms. The van der Waals surface area contributed by atoms with Crippen molar-refractivity contribution in [2.75, 3.05) is 0 Å². The summed E-state index contributed by atoms with van der Waals surface area (Å²) in [7, 11) is 0. The Bertz CT molecular complexity index is 414. The smallest absolute Gasteiger partial charge is 0.0683 e. The highest BCUT2D eigenvalue weighted by molar-refractivity contribution is 5.05. The first-order chi connectivity index (χ1) is 7.42. The van der Waals surface area contributed by atoms with Crippen molar-refractivity contribution in [2.24, 2.45) is 0 Å². The summed E-state index contributed by atoms with van der Waals surface area (Å²) in [5.74, 6) is 0. The molecule has 1 radical (unpaired) electrons. The van der Waals surface area contributed by atoms with E-state index in [1.165, 1.54) is 7.14 Å². The Labute approximate surface area is 97.7 Å². The van der Waals surface area contributed by atoms with Gasteiger partial charge in [0.2, 0.25) is 19.8 Å². The third-order valence-electron chi connectivity index (χ3n) is 2.01. The largest absolute Gasteiger partial charge is 0.226 e. The van der Waals surface area contributed by atoms with Crippen LogP contribution in [0.5, 0.6) is 0 Å². The molecule has 2 rings (SSSR count). The summed E-state index contributed by atoms with van der Waals surface area (Å²) in [6, 6.07) is 20.8. The van der Waals surface area contributed by atoms with E-state index in [0.717, 1.165) is 0 Å². The van der Waals surface area contributed by atoms with Crippen LogP contribution in [-0.2, 0) is 0 Å². The van der Waals surface area contributed by atoms with Crippen molar-refractivity contribution in [1.29, 1.82) is 0 Å². The van der Waals surface area contributed by atoms with Crippen LogP contribution >= 0.6 is 0 Å². The minimum Gasteiger partial charge on any atom is -0.0683 e. The van der Waals surface area contributed by atoms with Crippen LogP contribution in [0, 0.1) is 17.5 Å². The summed E-state index contributed by atoms with van der Waals surface area (Å²) in [5.41, 5.74) is 0. The third kappa shape index (κ3) is 2.40. The number of hydrogen-bond donors (Lipinski definition) is 0. The van der Waals surface area contributed by atoms with E-state index in [1.54, 1.807) is 0 Å². The Morgan fingerprint density at radius 2 is 1.13 bits per heavy atom. The van der Waals surface area contributed by atoms with Crippen LogP contribution < -0.4 is 19.8 Å². The second-order valence-corrected chi connectivity index (χ2v) is 7.72. The monoisotopic (exact) mass is 306 g/mol. The van der Waals surface area contributed by atoms with Crippen molar-refractivity contribution in [3.63, 3.8) is 0 Å².